The van der Waals surface area contributed by atoms with Gasteiger partial charge in [-0.2, -0.15) is 0 Å². The van der Waals surface area contributed by atoms with Gasteiger partial charge < -0.3 is 19.7 Å². The molecule has 0 bridgehead atoms. The highest BCUT2D eigenvalue weighted by atomic mass is 16.7. The Morgan fingerprint density at radius 3 is 3.05 bits per heavy atom. The summed E-state index contributed by atoms with van der Waals surface area (Å²) in [5.41, 5.74) is 0.477. The van der Waals surface area contributed by atoms with E-state index in [2.05, 4.69) is 5.32 Å². The molecule has 6 heteroatoms. The number of amides is 2. The lowest BCUT2D eigenvalue weighted by Gasteiger charge is -2.16. The molecular weight excluding hydrogens is 272 g/mol. The highest BCUT2D eigenvalue weighted by Gasteiger charge is 2.28. The summed E-state index contributed by atoms with van der Waals surface area (Å²) in [6, 6.07) is 5.25. The number of hydrogen-bond donors (Lipinski definition) is 1. The minimum atomic E-state index is -0.187. The number of fused-ring (bicyclic) bond motifs is 1. The van der Waals surface area contributed by atoms with E-state index in [-0.39, 0.29) is 24.6 Å². The number of carbonyl (C=O) groups excluding carboxylic acids is 2. The fraction of sp³-hybridized carbons (Fsp3) is 0.467. The van der Waals surface area contributed by atoms with E-state index in [1.807, 2.05) is 6.92 Å². The first-order valence-corrected chi connectivity index (χ1v) is 7.16. The Kier molecular flexibility index (Phi) is 3.68. The molecule has 1 saturated heterocycles. The van der Waals surface area contributed by atoms with Crippen molar-refractivity contribution in [1.82, 2.24) is 10.2 Å². The van der Waals surface area contributed by atoms with Crippen LogP contribution >= 0.6 is 0 Å². The Morgan fingerprint density at radius 2 is 2.24 bits per heavy atom. The molecule has 1 aromatic carbocycles. The van der Waals surface area contributed by atoms with Crippen LogP contribution in [0, 0.1) is 0 Å². The molecule has 112 valence electrons. The fourth-order valence-corrected chi connectivity index (χ4v) is 2.70. The Hall–Kier alpha value is -2.24. The number of hydrogen-bond acceptors (Lipinski definition) is 4. The minimum Gasteiger partial charge on any atom is -0.454 e. The predicted molar refractivity (Wildman–Crippen MR) is 75.3 cm³/mol. The van der Waals surface area contributed by atoms with Crippen LogP contribution in [0.5, 0.6) is 11.5 Å². The molecule has 0 aromatic heterocycles. The lowest BCUT2D eigenvalue weighted by molar-refractivity contribution is -0.129. The van der Waals surface area contributed by atoms with Crippen molar-refractivity contribution in [3.8, 4) is 11.5 Å². The highest BCUT2D eigenvalue weighted by Crippen LogP contribution is 2.35. The topological polar surface area (TPSA) is 67.9 Å². The fourth-order valence-electron chi connectivity index (χ4n) is 2.70. The number of ether oxygens (including phenoxy) is 2. The van der Waals surface area contributed by atoms with E-state index in [1.54, 1.807) is 23.1 Å². The van der Waals surface area contributed by atoms with Crippen LogP contribution in [0.3, 0.4) is 0 Å². The van der Waals surface area contributed by atoms with Crippen LogP contribution in [0.15, 0.2) is 18.2 Å². The summed E-state index contributed by atoms with van der Waals surface area (Å²) in [6.07, 6.45) is 1.28. The average Bonchev–Trinajstić information content (AvgIpc) is 3.14. The van der Waals surface area contributed by atoms with Crippen LogP contribution in [-0.4, -0.2) is 42.6 Å². The van der Waals surface area contributed by atoms with E-state index in [0.717, 1.165) is 6.42 Å². The van der Waals surface area contributed by atoms with E-state index >= 15 is 0 Å². The summed E-state index contributed by atoms with van der Waals surface area (Å²) in [6.45, 7) is 3.26. The van der Waals surface area contributed by atoms with Crippen molar-refractivity contribution < 1.29 is 19.1 Å². The molecule has 1 atom stereocenters. The first kappa shape index (κ1) is 13.7. The van der Waals surface area contributed by atoms with Crippen LogP contribution in [0.4, 0.5) is 0 Å². The normalized spacial score (nSPS) is 19.7. The molecule has 0 saturated carbocycles. The van der Waals surface area contributed by atoms with E-state index in [1.165, 1.54) is 0 Å². The third kappa shape index (κ3) is 2.66. The molecular formula is C15H18N2O4. The Labute approximate surface area is 123 Å². The summed E-state index contributed by atoms with van der Waals surface area (Å²) >= 11 is 0. The van der Waals surface area contributed by atoms with Crippen molar-refractivity contribution in [2.45, 2.75) is 25.8 Å². The Balaban J connectivity index is 1.66. The monoisotopic (exact) mass is 290 g/mol. The zero-order chi connectivity index (χ0) is 14.8. The zero-order valence-electron chi connectivity index (χ0n) is 11.9. The maximum Gasteiger partial charge on any atom is 0.255 e. The lowest BCUT2D eigenvalue weighted by Crippen LogP contribution is -2.38. The maximum absolute atomic E-state index is 12.4. The van der Waals surface area contributed by atoms with Gasteiger partial charge in [-0.05, 0) is 18.6 Å². The predicted octanol–water partition coefficient (Wildman–Crippen LogP) is 1.16. The zero-order valence-corrected chi connectivity index (χ0v) is 11.9. The van der Waals surface area contributed by atoms with E-state index in [9.17, 15) is 9.59 Å². The van der Waals surface area contributed by atoms with Gasteiger partial charge >= 0.3 is 0 Å². The summed E-state index contributed by atoms with van der Waals surface area (Å²) < 4.78 is 10.6. The molecule has 1 unspecified atom stereocenters. The number of benzene rings is 1. The Morgan fingerprint density at radius 1 is 1.38 bits per heavy atom. The van der Waals surface area contributed by atoms with Crippen molar-refractivity contribution in [3.63, 3.8) is 0 Å². The first-order valence-electron chi connectivity index (χ1n) is 7.16. The highest BCUT2D eigenvalue weighted by molar-refractivity contribution is 5.98. The number of para-hydroxylation sites is 1. The molecule has 1 N–H and O–H groups in total. The summed E-state index contributed by atoms with van der Waals surface area (Å²) in [5.74, 6) is 1.03. The SMILES string of the molecule is CCC(=O)N1CCC(NC(=O)c2cccc3c2OCO3)C1. The van der Waals surface area contributed by atoms with Gasteiger partial charge in [0, 0.05) is 25.6 Å². The van der Waals surface area contributed by atoms with Gasteiger partial charge in [0.25, 0.3) is 5.91 Å². The molecule has 1 aromatic rings. The second-order valence-electron chi connectivity index (χ2n) is 5.19. The van der Waals surface area contributed by atoms with Crippen molar-refractivity contribution in [1.29, 1.82) is 0 Å². The van der Waals surface area contributed by atoms with Gasteiger partial charge in [-0.25, -0.2) is 0 Å². The summed E-state index contributed by atoms with van der Waals surface area (Å²) in [4.78, 5) is 25.8. The number of carbonyl (C=O) groups is 2. The first-order chi connectivity index (χ1) is 10.2. The van der Waals surface area contributed by atoms with Gasteiger partial charge in [0.05, 0.1) is 5.56 Å². The van der Waals surface area contributed by atoms with Crippen LogP contribution in [0.2, 0.25) is 0 Å². The summed E-state index contributed by atoms with van der Waals surface area (Å²) in [5, 5.41) is 2.97. The molecule has 2 aliphatic rings. The van der Waals surface area contributed by atoms with Crippen molar-refractivity contribution in [2.75, 3.05) is 19.9 Å². The van der Waals surface area contributed by atoms with Crippen molar-refractivity contribution in [3.05, 3.63) is 23.8 Å². The minimum absolute atomic E-state index is 0.00817. The van der Waals surface area contributed by atoms with Crippen LogP contribution < -0.4 is 14.8 Å². The smallest absolute Gasteiger partial charge is 0.255 e. The largest absolute Gasteiger partial charge is 0.454 e. The number of nitrogens with zero attached hydrogens (tertiary/aromatic N) is 1. The van der Waals surface area contributed by atoms with Gasteiger partial charge in [0.1, 0.15) is 0 Å². The molecule has 0 spiro atoms. The third-order valence-corrected chi connectivity index (χ3v) is 3.82. The molecule has 21 heavy (non-hydrogen) atoms. The van der Waals surface area contributed by atoms with Gasteiger partial charge in [0.2, 0.25) is 12.7 Å². The standard InChI is InChI=1S/C15H18N2O4/c1-2-13(18)17-7-6-10(8-17)16-15(19)11-4-3-5-12-14(11)21-9-20-12/h3-5,10H,2,6-9H2,1H3,(H,16,19). The number of nitrogens with one attached hydrogen (secondary N) is 1. The summed E-state index contributed by atoms with van der Waals surface area (Å²) in [7, 11) is 0. The second-order valence-corrected chi connectivity index (χ2v) is 5.19. The van der Waals surface area contributed by atoms with Crippen LogP contribution in [-0.2, 0) is 4.79 Å². The van der Waals surface area contributed by atoms with E-state index < -0.39 is 0 Å². The van der Waals surface area contributed by atoms with Crippen molar-refractivity contribution in [2.24, 2.45) is 0 Å². The number of likely N-dealkylation sites (tertiary alicyclic amines) is 1. The van der Waals surface area contributed by atoms with Gasteiger partial charge in [-0.3, -0.25) is 9.59 Å². The maximum atomic E-state index is 12.4. The molecule has 1 fully saturated rings. The van der Waals surface area contributed by atoms with E-state index in [4.69, 9.17) is 9.47 Å². The molecule has 2 heterocycles. The second kappa shape index (κ2) is 5.63. The Bertz CT molecular complexity index is 573. The van der Waals surface area contributed by atoms with Crippen LogP contribution in [0.25, 0.3) is 0 Å². The van der Waals surface area contributed by atoms with Crippen molar-refractivity contribution >= 4 is 11.8 Å². The molecule has 0 aliphatic carbocycles. The molecule has 0 radical (unpaired) electrons. The van der Waals surface area contributed by atoms with Gasteiger partial charge in [0.15, 0.2) is 11.5 Å². The molecule has 2 amide bonds. The van der Waals surface area contributed by atoms with Crippen LogP contribution in [0.1, 0.15) is 30.1 Å². The quantitative estimate of drug-likeness (QED) is 0.907. The molecule has 3 rings (SSSR count). The average molecular weight is 290 g/mol. The number of rotatable bonds is 3. The van der Waals surface area contributed by atoms with E-state index in [0.29, 0.717) is 36.6 Å². The molecule has 6 nitrogen and oxygen atoms in total. The van der Waals surface area contributed by atoms with Gasteiger partial charge in [-0.1, -0.05) is 13.0 Å². The van der Waals surface area contributed by atoms with Gasteiger partial charge in [-0.15, -0.1) is 0 Å². The third-order valence-electron chi connectivity index (χ3n) is 3.82. The molecule has 2 aliphatic heterocycles. The lowest BCUT2D eigenvalue weighted by atomic mass is 10.1.